The van der Waals surface area contributed by atoms with Crippen molar-refractivity contribution in [2.24, 2.45) is 0 Å². The van der Waals surface area contributed by atoms with Crippen molar-refractivity contribution in [2.75, 3.05) is 18.5 Å². The van der Waals surface area contributed by atoms with Gasteiger partial charge in [-0.3, -0.25) is 9.59 Å². The van der Waals surface area contributed by atoms with Crippen LogP contribution in [0.25, 0.3) is 0 Å². The molecule has 2 N–H and O–H groups in total. The molecule has 5 nitrogen and oxygen atoms in total. The topological polar surface area (TPSA) is 67.4 Å². The molecule has 0 aromatic heterocycles. The maximum atomic E-state index is 12.3. The molecule has 0 fully saturated rings. The van der Waals surface area contributed by atoms with E-state index in [9.17, 15) is 9.59 Å². The van der Waals surface area contributed by atoms with Gasteiger partial charge in [0, 0.05) is 17.0 Å². The number of nitrogens with one attached hydrogen (secondary N) is 2. The maximum Gasteiger partial charge on any atom is 0.251 e. The molecule has 3 rings (SSSR count). The van der Waals surface area contributed by atoms with Crippen molar-refractivity contribution in [3.63, 3.8) is 0 Å². The average molecular weight is 370 g/mol. The number of carbonyl (C=O) groups is 2. The van der Waals surface area contributed by atoms with Crippen molar-refractivity contribution in [1.82, 2.24) is 5.32 Å². The number of fused-ring (bicyclic) bond motifs is 1. The fourth-order valence-corrected chi connectivity index (χ4v) is 3.55. The normalized spacial score (nSPS) is 15.8. The Morgan fingerprint density at radius 1 is 1.27 bits per heavy atom. The van der Waals surface area contributed by atoms with E-state index < -0.39 is 0 Å². The van der Waals surface area contributed by atoms with Crippen LogP contribution in [-0.4, -0.2) is 30.2 Å². The van der Waals surface area contributed by atoms with Gasteiger partial charge >= 0.3 is 0 Å². The Morgan fingerprint density at radius 2 is 2.12 bits per heavy atom. The van der Waals surface area contributed by atoms with E-state index in [2.05, 4.69) is 10.6 Å². The highest BCUT2D eigenvalue weighted by molar-refractivity contribution is 8.00. The summed E-state index contributed by atoms with van der Waals surface area (Å²) in [6.07, 6.45) is 0.717. The quantitative estimate of drug-likeness (QED) is 0.762. The minimum absolute atomic E-state index is 0.0339. The van der Waals surface area contributed by atoms with Gasteiger partial charge in [-0.05, 0) is 56.2 Å². The third-order valence-corrected chi connectivity index (χ3v) is 5.22. The minimum atomic E-state index is -0.152. The van der Waals surface area contributed by atoms with Crippen LogP contribution in [-0.2, 0) is 4.79 Å². The third kappa shape index (κ3) is 4.58. The lowest BCUT2D eigenvalue weighted by atomic mass is 10.1. The summed E-state index contributed by atoms with van der Waals surface area (Å²) in [6, 6.07) is 13.3. The van der Waals surface area contributed by atoms with Crippen LogP contribution in [0.2, 0.25) is 0 Å². The Balaban J connectivity index is 1.46. The fraction of sp³-hybridized carbons (Fsp3) is 0.300. The van der Waals surface area contributed by atoms with Gasteiger partial charge in [0.15, 0.2) is 0 Å². The van der Waals surface area contributed by atoms with Gasteiger partial charge in [-0.2, -0.15) is 0 Å². The molecule has 2 amide bonds. The monoisotopic (exact) mass is 370 g/mol. The summed E-state index contributed by atoms with van der Waals surface area (Å²) in [4.78, 5) is 25.0. The van der Waals surface area contributed by atoms with E-state index in [0.717, 1.165) is 16.2 Å². The number of aryl methyl sites for hydroxylation is 1. The van der Waals surface area contributed by atoms with Crippen LogP contribution in [0.1, 0.15) is 29.3 Å². The number of thioether (sulfide) groups is 1. The van der Waals surface area contributed by atoms with E-state index in [-0.39, 0.29) is 17.1 Å². The minimum Gasteiger partial charge on any atom is -0.494 e. The third-order valence-electron chi connectivity index (χ3n) is 4.04. The molecule has 26 heavy (non-hydrogen) atoms. The average Bonchev–Trinajstić information content (AvgIpc) is 2.62. The first kappa shape index (κ1) is 18.3. The molecule has 1 unspecified atom stereocenters. The summed E-state index contributed by atoms with van der Waals surface area (Å²) < 4.78 is 5.67. The summed E-state index contributed by atoms with van der Waals surface area (Å²) >= 11 is 1.50. The van der Waals surface area contributed by atoms with Crippen LogP contribution in [0.4, 0.5) is 5.69 Å². The molecule has 1 heterocycles. The molecule has 2 aromatic rings. The van der Waals surface area contributed by atoms with E-state index in [1.54, 1.807) is 12.1 Å². The highest BCUT2D eigenvalue weighted by atomic mass is 32.2. The number of rotatable bonds is 6. The zero-order valence-electron chi connectivity index (χ0n) is 14.9. The number of amides is 2. The van der Waals surface area contributed by atoms with Gasteiger partial charge < -0.3 is 15.4 Å². The van der Waals surface area contributed by atoms with Crippen LogP contribution < -0.4 is 15.4 Å². The van der Waals surface area contributed by atoms with Gasteiger partial charge in [0.2, 0.25) is 5.91 Å². The molecule has 136 valence electrons. The van der Waals surface area contributed by atoms with Gasteiger partial charge in [0.1, 0.15) is 5.75 Å². The van der Waals surface area contributed by atoms with Gasteiger partial charge in [-0.1, -0.05) is 12.1 Å². The second-order valence-electron chi connectivity index (χ2n) is 6.23. The number of carbonyl (C=O) groups excluding carboxylic acids is 2. The SMILES string of the molecule is Cc1cccc(OCCCNC(=O)c2ccc3c(c2)NC(=O)C(C)S3)c1. The van der Waals surface area contributed by atoms with Crippen LogP contribution >= 0.6 is 11.8 Å². The lowest BCUT2D eigenvalue weighted by Crippen LogP contribution is -2.28. The summed E-state index contributed by atoms with van der Waals surface area (Å²) in [5.74, 6) is 0.656. The molecule has 6 heteroatoms. The second kappa shape index (κ2) is 8.27. The molecule has 0 bridgehead atoms. The van der Waals surface area contributed by atoms with Crippen molar-refractivity contribution < 1.29 is 14.3 Å². The number of hydrogen-bond acceptors (Lipinski definition) is 4. The summed E-state index contributed by atoms with van der Waals surface area (Å²) in [5, 5.41) is 5.61. The number of hydrogen-bond donors (Lipinski definition) is 2. The van der Waals surface area contributed by atoms with Crippen LogP contribution in [0.15, 0.2) is 47.4 Å². The fourth-order valence-electron chi connectivity index (χ4n) is 2.62. The summed E-state index contributed by atoms with van der Waals surface area (Å²) in [5.41, 5.74) is 2.40. The van der Waals surface area contributed by atoms with Crippen molar-refractivity contribution >= 4 is 29.3 Å². The lowest BCUT2D eigenvalue weighted by molar-refractivity contribution is -0.115. The van der Waals surface area contributed by atoms with Crippen LogP contribution in [0, 0.1) is 6.92 Å². The van der Waals surface area contributed by atoms with Crippen molar-refractivity contribution in [3.8, 4) is 5.75 Å². The zero-order valence-corrected chi connectivity index (χ0v) is 15.7. The number of benzene rings is 2. The summed E-state index contributed by atoms with van der Waals surface area (Å²) in [7, 11) is 0. The molecule has 0 spiro atoms. The van der Waals surface area contributed by atoms with Crippen molar-refractivity contribution in [3.05, 3.63) is 53.6 Å². The van der Waals surface area contributed by atoms with E-state index in [4.69, 9.17) is 4.74 Å². The first-order chi connectivity index (χ1) is 12.5. The maximum absolute atomic E-state index is 12.3. The van der Waals surface area contributed by atoms with E-state index in [1.807, 2.05) is 44.2 Å². The molecule has 0 radical (unpaired) electrons. The Morgan fingerprint density at radius 3 is 2.92 bits per heavy atom. The predicted octanol–water partition coefficient (Wildman–Crippen LogP) is 3.63. The van der Waals surface area contributed by atoms with Gasteiger partial charge in [0.05, 0.1) is 17.5 Å². The van der Waals surface area contributed by atoms with Gasteiger partial charge in [-0.15, -0.1) is 11.8 Å². The Labute approximate surface area is 157 Å². The van der Waals surface area contributed by atoms with Crippen LogP contribution in [0.5, 0.6) is 5.75 Å². The molecule has 1 aliphatic rings. The second-order valence-corrected chi connectivity index (χ2v) is 7.62. The van der Waals surface area contributed by atoms with Crippen LogP contribution in [0.3, 0.4) is 0 Å². The van der Waals surface area contributed by atoms with E-state index >= 15 is 0 Å². The molecular weight excluding hydrogens is 348 g/mol. The lowest BCUT2D eigenvalue weighted by Gasteiger charge is -2.21. The Hall–Kier alpha value is -2.47. The Bertz CT molecular complexity index is 822. The highest BCUT2D eigenvalue weighted by Crippen LogP contribution is 2.35. The largest absolute Gasteiger partial charge is 0.494 e. The van der Waals surface area contributed by atoms with Gasteiger partial charge in [-0.25, -0.2) is 0 Å². The molecule has 0 saturated heterocycles. The van der Waals surface area contributed by atoms with E-state index in [0.29, 0.717) is 30.8 Å². The standard InChI is InChI=1S/C20H22N2O3S/c1-13-5-3-6-16(11-13)25-10-4-9-21-20(24)15-7-8-18-17(12-15)22-19(23)14(2)26-18/h3,5-8,11-12,14H,4,9-10H2,1-2H3,(H,21,24)(H,22,23). The number of anilines is 1. The predicted molar refractivity (Wildman–Crippen MR) is 104 cm³/mol. The molecule has 1 aliphatic heterocycles. The first-order valence-corrected chi connectivity index (χ1v) is 9.50. The summed E-state index contributed by atoms with van der Waals surface area (Å²) in [6.45, 7) is 4.95. The Kier molecular flexibility index (Phi) is 5.83. The molecule has 0 saturated carbocycles. The highest BCUT2D eigenvalue weighted by Gasteiger charge is 2.23. The molecule has 1 atom stereocenters. The molecular formula is C20H22N2O3S. The first-order valence-electron chi connectivity index (χ1n) is 8.62. The van der Waals surface area contributed by atoms with E-state index in [1.165, 1.54) is 11.8 Å². The zero-order chi connectivity index (χ0) is 18.5. The molecule has 0 aliphatic carbocycles. The smallest absolute Gasteiger partial charge is 0.251 e. The van der Waals surface area contributed by atoms with Crippen molar-refractivity contribution in [1.29, 1.82) is 0 Å². The number of ether oxygens (including phenoxy) is 1. The molecule has 2 aromatic carbocycles. The van der Waals surface area contributed by atoms with Crippen molar-refractivity contribution in [2.45, 2.75) is 30.4 Å². The van der Waals surface area contributed by atoms with Gasteiger partial charge in [0.25, 0.3) is 5.91 Å².